The van der Waals surface area contributed by atoms with E-state index in [1.54, 1.807) is 34.7 Å². The molecule has 0 bridgehead atoms. The average Bonchev–Trinajstić information content (AvgIpc) is 3.40. The molecule has 11 heteroatoms. The molecule has 0 saturated heterocycles. The summed E-state index contributed by atoms with van der Waals surface area (Å²) in [6, 6.07) is 4.64. The topological polar surface area (TPSA) is 122 Å². The maximum absolute atomic E-state index is 12.6. The summed E-state index contributed by atoms with van der Waals surface area (Å²) in [6.45, 7) is 15.6. The van der Waals surface area contributed by atoms with Gasteiger partial charge in [0.15, 0.2) is 5.01 Å². The number of carbonyl (C=O) groups is 2. The van der Waals surface area contributed by atoms with Crippen LogP contribution in [0.5, 0.6) is 0 Å². The Hall–Kier alpha value is -3.47. The monoisotopic (exact) mass is 514 g/mol. The minimum absolute atomic E-state index is 0.0939. The lowest BCUT2D eigenvalue weighted by Crippen LogP contribution is -2.40. The number of rotatable bonds is 6. The van der Waals surface area contributed by atoms with E-state index >= 15 is 0 Å². The molecule has 36 heavy (non-hydrogen) atoms. The van der Waals surface area contributed by atoms with Gasteiger partial charge >= 0.3 is 12.1 Å². The summed E-state index contributed by atoms with van der Waals surface area (Å²) >= 11 is 1.32. The third-order valence-electron chi connectivity index (χ3n) is 4.81. The van der Waals surface area contributed by atoms with Crippen molar-refractivity contribution in [3.63, 3.8) is 0 Å². The number of thiazole rings is 1. The molecule has 0 aromatic carbocycles. The summed E-state index contributed by atoms with van der Waals surface area (Å²) in [7, 11) is 0. The Bertz CT molecular complexity index is 1210. The lowest BCUT2D eigenvalue weighted by atomic mass is 9.94. The van der Waals surface area contributed by atoms with Crippen molar-refractivity contribution >= 4 is 35.1 Å². The van der Waals surface area contributed by atoms with Crippen molar-refractivity contribution in [2.45, 2.75) is 79.0 Å². The minimum Gasteiger partial charge on any atom is -0.444 e. The van der Waals surface area contributed by atoms with Crippen LogP contribution in [0.2, 0.25) is 0 Å². The summed E-state index contributed by atoms with van der Waals surface area (Å²) in [5.74, 6) is 1.88. The molecule has 0 atom stereocenters. The standard InChI is InChI=1S/C25H34N6O4S/c1-15(2)31(23(33)35-25(6,7)8)13-16-10-9-11-18(27-16)29-22(32)30-19-14-36-21(28-19)20-26-12-17(34-20)24(3,4)5/h9-12,14-15H,13H2,1-8H3,(H2,27,29,30,32). The fraction of sp³-hybridized carbons (Fsp3) is 0.480. The van der Waals surface area contributed by atoms with Crippen LogP contribution in [0.15, 0.2) is 34.2 Å². The molecule has 2 N–H and O–H groups in total. The van der Waals surface area contributed by atoms with Gasteiger partial charge in [-0.1, -0.05) is 26.8 Å². The number of hydrogen-bond acceptors (Lipinski definition) is 8. The van der Waals surface area contributed by atoms with Crippen molar-refractivity contribution in [1.82, 2.24) is 19.9 Å². The molecule has 0 unspecified atom stereocenters. The number of hydrogen-bond donors (Lipinski definition) is 2. The van der Waals surface area contributed by atoms with Gasteiger partial charge in [-0.25, -0.2) is 24.5 Å². The van der Waals surface area contributed by atoms with E-state index in [9.17, 15) is 9.59 Å². The quantitative estimate of drug-likeness (QED) is 0.397. The van der Waals surface area contributed by atoms with Crippen LogP contribution in [-0.2, 0) is 16.7 Å². The third-order valence-corrected chi connectivity index (χ3v) is 5.64. The number of pyridine rings is 1. The predicted molar refractivity (Wildman–Crippen MR) is 140 cm³/mol. The number of nitrogens with zero attached hydrogens (tertiary/aromatic N) is 4. The van der Waals surface area contributed by atoms with Crippen LogP contribution < -0.4 is 10.6 Å². The molecule has 0 radical (unpaired) electrons. The highest BCUT2D eigenvalue weighted by molar-refractivity contribution is 7.13. The second-order valence-corrected chi connectivity index (χ2v) is 11.5. The zero-order valence-corrected chi connectivity index (χ0v) is 22.8. The van der Waals surface area contributed by atoms with Crippen LogP contribution in [0.1, 0.15) is 66.8 Å². The van der Waals surface area contributed by atoms with Gasteiger partial charge in [-0.3, -0.25) is 15.5 Å². The number of nitrogens with one attached hydrogen (secondary N) is 2. The fourth-order valence-corrected chi connectivity index (χ4v) is 3.68. The van der Waals surface area contributed by atoms with Crippen molar-refractivity contribution in [2.24, 2.45) is 0 Å². The predicted octanol–water partition coefficient (Wildman–Crippen LogP) is 6.28. The molecular formula is C25H34N6O4S. The lowest BCUT2D eigenvalue weighted by Gasteiger charge is -2.30. The van der Waals surface area contributed by atoms with Gasteiger partial charge in [-0.15, -0.1) is 11.3 Å². The minimum atomic E-state index is -0.601. The molecule has 3 amide bonds. The summed E-state index contributed by atoms with van der Waals surface area (Å²) < 4.78 is 11.3. The Kier molecular flexibility index (Phi) is 8.02. The van der Waals surface area contributed by atoms with E-state index in [4.69, 9.17) is 9.15 Å². The molecule has 0 fully saturated rings. The Morgan fingerprint density at radius 1 is 1.08 bits per heavy atom. The normalized spacial score (nSPS) is 11.9. The number of amides is 3. The number of ether oxygens (including phenoxy) is 1. The van der Waals surface area contributed by atoms with E-state index in [0.717, 1.165) is 5.76 Å². The Labute approximate surface area is 215 Å². The maximum Gasteiger partial charge on any atom is 0.410 e. The zero-order chi connectivity index (χ0) is 26.7. The van der Waals surface area contributed by atoms with E-state index < -0.39 is 17.7 Å². The van der Waals surface area contributed by atoms with Gasteiger partial charge in [0.1, 0.15) is 23.0 Å². The van der Waals surface area contributed by atoms with Crippen LogP contribution in [0.4, 0.5) is 21.2 Å². The van der Waals surface area contributed by atoms with Gasteiger partial charge in [0.25, 0.3) is 5.89 Å². The van der Waals surface area contributed by atoms with E-state index in [0.29, 0.717) is 28.2 Å². The van der Waals surface area contributed by atoms with Crippen LogP contribution in [0, 0.1) is 0 Å². The van der Waals surface area contributed by atoms with Gasteiger partial charge in [-0.2, -0.15) is 0 Å². The van der Waals surface area contributed by atoms with Gasteiger partial charge < -0.3 is 9.15 Å². The average molecular weight is 515 g/mol. The van der Waals surface area contributed by atoms with E-state index in [1.807, 2.05) is 55.4 Å². The fourth-order valence-electron chi connectivity index (χ4n) is 3.00. The first-order chi connectivity index (χ1) is 16.7. The van der Waals surface area contributed by atoms with E-state index in [1.165, 1.54) is 11.3 Å². The zero-order valence-electron chi connectivity index (χ0n) is 22.0. The van der Waals surface area contributed by atoms with Gasteiger partial charge in [0, 0.05) is 16.8 Å². The largest absolute Gasteiger partial charge is 0.444 e. The van der Waals surface area contributed by atoms with Crippen LogP contribution >= 0.6 is 11.3 Å². The first kappa shape index (κ1) is 27.1. The Morgan fingerprint density at radius 2 is 1.78 bits per heavy atom. The van der Waals surface area contributed by atoms with Gasteiger partial charge in [0.05, 0.1) is 18.4 Å². The molecule has 0 saturated carbocycles. The summed E-state index contributed by atoms with van der Waals surface area (Å²) in [6.07, 6.45) is 1.27. The van der Waals surface area contributed by atoms with E-state index in [2.05, 4.69) is 25.6 Å². The highest BCUT2D eigenvalue weighted by Crippen LogP contribution is 2.30. The van der Waals surface area contributed by atoms with Gasteiger partial charge in [0.2, 0.25) is 0 Å². The maximum atomic E-state index is 12.6. The van der Waals surface area contributed by atoms with Crippen molar-refractivity contribution in [3.05, 3.63) is 41.2 Å². The van der Waals surface area contributed by atoms with Crippen LogP contribution in [0.25, 0.3) is 10.9 Å². The Morgan fingerprint density at radius 3 is 2.39 bits per heavy atom. The van der Waals surface area contributed by atoms with Crippen molar-refractivity contribution in [3.8, 4) is 10.9 Å². The molecular weight excluding hydrogens is 480 g/mol. The second-order valence-electron chi connectivity index (χ2n) is 10.6. The Balaban J connectivity index is 1.63. The first-order valence-corrected chi connectivity index (χ1v) is 12.5. The number of anilines is 2. The highest BCUT2D eigenvalue weighted by atomic mass is 32.1. The number of aromatic nitrogens is 3. The SMILES string of the molecule is CC(C)N(Cc1cccc(NC(=O)Nc2csc(-c3ncc(C(C)(C)C)o3)n2)n1)C(=O)OC(C)(C)C. The third kappa shape index (κ3) is 7.51. The lowest BCUT2D eigenvalue weighted by molar-refractivity contribution is 0.0169. The summed E-state index contributed by atoms with van der Waals surface area (Å²) in [4.78, 5) is 39.9. The summed E-state index contributed by atoms with van der Waals surface area (Å²) in [5.41, 5.74) is -0.150. The molecule has 3 aromatic heterocycles. The molecule has 3 aromatic rings. The molecule has 10 nitrogen and oxygen atoms in total. The molecule has 194 valence electrons. The summed E-state index contributed by atoms with van der Waals surface area (Å²) in [5, 5.41) is 7.67. The molecule has 3 rings (SSSR count). The number of oxazole rings is 1. The molecule has 3 heterocycles. The number of urea groups is 1. The number of carbonyl (C=O) groups excluding carboxylic acids is 2. The highest BCUT2D eigenvalue weighted by Gasteiger charge is 2.25. The van der Waals surface area contributed by atoms with Crippen molar-refractivity contribution in [2.75, 3.05) is 10.6 Å². The molecule has 0 spiro atoms. The van der Waals surface area contributed by atoms with Crippen molar-refractivity contribution in [1.29, 1.82) is 0 Å². The van der Waals surface area contributed by atoms with E-state index in [-0.39, 0.29) is 18.0 Å². The smallest absolute Gasteiger partial charge is 0.410 e. The first-order valence-electron chi connectivity index (χ1n) is 11.7. The van der Waals surface area contributed by atoms with Gasteiger partial charge in [-0.05, 0) is 46.8 Å². The van der Waals surface area contributed by atoms with Crippen molar-refractivity contribution < 1.29 is 18.7 Å². The van der Waals surface area contributed by atoms with Crippen LogP contribution in [-0.4, -0.2) is 43.6 Å². The molecule has 0 aliphatic carbocycles. The molecule has 0 aliphatic heterocycles. The second kappa shape index (κ2) is 10.7. The van der Waals surface area contributed by atoms with Crippen LogP contribution in [0.3, 0.4) is 0 Å². The molecule has 0 aliphatic rings.